The van der Waals surface area contributed by atoms with Crippen molar-refractivity contribution in [3.63, 3.8) is 0 Å². The van der Waals surface area contributed by atoms with Gasteiger partial charge in [0.15, 0.2) is 0 Å². The van der Waals surface area contributed by atoms with Crippen LogP contribution in [0.15, 0.2) is 27.6 Å². The molecule has 27 heavy (non-hydrogen) atoms. The van der Waals surface area contributed by atoms with E-state index in [1.807, 2.05) is 6.07 Å². The lowest BCUT2D eigenvalue weighted by Crippen LogP contribution is -2.53. The molecular formula is C24H34O3. The van der Waals surface area contributed by atoms with Gasteiger partial charge in [-0.2, -0.15) is 0 Å². The zero-order valence-electron chi connectivity index (χ0n) is 16.8. The maximum Gasteiger partial charge on any atom is 0.335 e. The highest BCUT2D eigenvalue weighted by Crippen LogP contribution is 2.68. The molecule has 4 aliphatic rings. The van der Waals surface area contributed by atoms with Crippen LogP contribution in [0.4, 0.5) is 0 Å². The van der Waals surface area contributed by atoms with Crippen LogP contribution >= 0.6 is 0 Å². The molecule has 0 bridgehead atoms. The van der Waals surface area contributed by atoms with Gasteiger partial charge in [0.25, 0.3) is 0 Å². The molecule has 3 heteroatoms. The van der Waals surface area contributed by atoms with Crippen molar-refractivity contribution >= 4 is 0 Å². The van der Waals surface area contributed by atoms with E-state index in [0.717, 1.165) is 36.5 Å². The average molecular weight is 371 g/mol. The SMILES string of the molecule is C[C@]12CC[C@H](O)C[C@H]1CC[C@@H]1[C@@H]2CC[C@]2(C)[C@@H](c3ccc(=O)oc3)CC[C@@H]12. The van der Waals surface area contributed by atoms with Crippen molar-refractivity contribution in [2.24, 2.45) is 34.5 Å². The van der Waals surface area contributed by atoms with E-state index in [1.54, 1.807) is 12.3 Å². The van der Waals surface area contributed by atoms with Gasteiger partial charge in [0.05, 0.1) is 12.4 Å². The Morgan fingerprint density at radius 3 is 2.52 bits per heavy atom. The van der Waals surface area contributed by atoms with Crippen molar-refractivity contribution in [2.45, 2.75) is 83.7 Å². The molecule has 0 unspecified atom stereocenters. The van der Waals surface area contributed by atoms with Gasteiger partial charge in [-0.15, -0.1) is 0 Å². The van der Waals surface area contributed by atoms with Gasteiger partial charge in [-0.05, 0) is 110 Å². The lowest BCUT2D eigenvalue weighted by Gasteiger charge is -2.61. The van der Waals surface area contributed by atoms with E-state index in [0.29, 0.717) is 16.7 Å². The van der Waals surface area contributed by atoms with Crippen molar-refractivity contribution in [1.29, 1.82) is 0 Å². The second-order valence-corrected chi connectivity index (χ2v) is 10.6. The fourth-order valence-electron chi connectivity index (χ4n) is 8.35. The molecule has 1 aromatic rings. The van der Waals surface area contributed by atoms with Gasteiger partial charge < -0.3 is 9.52 Å². The molecule has 4 fully saturated rings. The van der Waals surface area contributed by atoms with E-state index in [4.69, 9.17) is 4.42 Å². The topological polar surface area (TPSA) is 50.4 Å². The van der Waals surface area contributed by atoms with Crippen molar-refractivity contribution < 1.29 is 9.52 Å². The van der Waals surface area contributed by atoms with Crippen LogP contribution in [-0.2, 0) is 0 Å². The summed E-state index contributed by atoms with van der Waals surface area (Å²) in [4.78, 5) is 11.4. The van der Waals surface area contributed by atoms with Gasteiger partial charge in [0.2, 0.25) is 0 Å². The van der Waals surface area contributed by atoms with Crippen molar-refractivity contribution in [3.8, 4) is 0 Å². The summed E-state index contributed by atoms with van der Waals surface area (Å²) in [6.45, 7) is 5.08. The van der Waals surface area contributed by atoms with Gasteiger partial charge >= 0.3 is 5.63 Å². The number of aliphatic hydroxyl groups excluding tert-OH is 1. The minimum absolute atomic E-state index is 0.0583. The molecule has 8 atom stereocenters. The van der Waals surface area contributed by atoms with Crippen LogP contribution in [0.1, 0.15) is 83.1 Å². The molecule has 4 aliphatic carbocycles. The van der Waals surface area contributed by atoms with Crippen LogP contribution in [0.2, 0.25) is 0 Å². The molecule has 0 amide bonds. The van der Waals surface area contributed by atoms with E-state index in [1.165, 1.54) is 50.5 Å². The molecular weight excluding hydrogens is 336 g/mol. The Balaban J connectivity index is 1.43. The molecule has 0 spiro atoms. The van der Waals surface area contributed by atoms with E-state index in [-0.39, 0.29) is 11.7 Å². The summed E-state index contributed by atoms with van der Waals surface area (Å²) < 4.78 is 5.22. The molecule has 1 heterocycles. The summed E-state index contributed by atoms with van der Waals surface area (Å²) in [5, 5.41) is 10.2. The monoisotopic (exact) mass is 370 g/mol. The fraction of sp³-hybridized carbons (Fsp3) is 0.792. The van der Waals surface area contributed by atoms with Crippen molar-refractivity contribution in [1.82, 2.24) is 0 Å². The fourth-order valence-corrected chi connectivity index (χ4v) is 8.35. The summed E-state index contributed by atoms with van der Waals surface area (Å²) in [7, 11) is 0. The number of aliphatic hydroxyl groups is 1. The molecule has 4 saturated carbocycles. The first-order valence-corrected chi connectivity index (χ1v) is 11.2. The summed E-state index contributed by atoms with van der Waals surface area (Å²) in [6.07, 6.45) is 12.8. The van der Waals surface area contributed by atoms with Gasteiger partial charge in [0, 0.05) is 6.07 Å². The lowest BCUT2D eigenvalue weighted by atomic mass is 9.44. The van der Waals surface area contributed by atoms with Crippen LogP contribution in [-0.4, -0.2) is 11.2 Å². The number of rotatable bonds is 1. The molecule has 148 valence electrons. The molecule has 0 aromatic carbocycles. The lowest BCUT2D eigenvalue weighted by molar-refractivity contribution is -0.122. The van der Waals surface area contributed by atoms with Crippen molar-refractivity contribution in [2.75, 3.05) is 0 Å². The average Bonchev–Trinajstić information content (AvgIpc) is 3.00. The molecule has 5 rings (SSSR count). The van der Waals surface area contributed by atoms with E-state index in [9.17, 15) is 9.90 Å². The molecule has 0 aliphatic heterocycles. The van der Waals surface area contributed by atoms with E-state index >= 15 is 0 Å². The highest BCUT2D eigenvalue weighted by Gasteiger charge is 2.60. The molecule has 0 radical (unpaired) electrons. The summed E-state index contributed by atoms with van der Waals surface area (Å²) in [5.41, 5.74) is 1.78. The number of hydrogen-bond acceptors (Lipinski definition) is 3. The molecule has 0 saturated heterocycles. The Labute approximate surface area is 162 Å². The Morgan fingerprint density at radius 2 is 1.74 bits per heavy atom. The summed E-state index contributed by atoms with van der Waals surface area (Å²) in [5.74, 6) is 3.76. The van der Waals surface area contributed by atoms with E-state index in [2.05, 4.69) is 13.8 Å². The van der Waals surface area contributed by atoms with Gasteiger partial charge in [-0.3, -0.25) is 0 Å². The first-order chi connectivity index (χ1) is 12.9. The van der Waals surface area contributed by atoms with Crippen LogP contribution < -0.4 is 5.63 Å². The largest absolute Gasteiger partial charge is 0.431 e. The Morgan fingerprint density at radius 1 is 0.963 bits per heavy atom. The Hall–Kier alpha value is -1.09. The van der Waals surface area contributed by atoms with Crippen LogP contribution in [0.5, 0.6) is 0 Å². The quantitative estimate of drug-likeness (QED) is 0.746. The Kier molecular flexibility index (Phi) is 4.13. The number of hydrogen-bond donors (Lipinski definition) is 1. The van der Waals surface area contributed by atoms with Crippen LogP contribution in [0.3, 0.4) is 0 Å². The highest BCUT2D eigenvalue weighted by molar-refractivity contribution is 5.22. The Bertz CT molecular complexity index is 749. The zero-order chi connectivity index (χ0) is 18.8. The maximum absolute atomic E-state index is 11.4. The summed E-state index contributed by atoms with van der Waals surface area (Å²) in [6, 6.07) is 3.61. The highest BCUT2D eigenvalue weighted by atomic mass is 16.4. The smallest absolute Gasteiger partial charge is 0.335 e. The summed E-state index contributed by atoms with van der Waals surface area (Å²) >= 11 is 0. The standard InChI is InChI=1S/C24H34O3/c1-23-11-9-17(25)13-16(23)4-5-18-20-7-6-19(15-3-8-22(26)27-14-15)24(20,2)12-10-21(18)23/h3,8,14,16-21,25H,4-7,9-13H2,1-2H3/t16-,17+,18+,19-,20+,21+,23+,24-/m1/s1. The predicted molar refractivity (Wildman–Crippen MR) is 105 cm³/mol. The third-order valence-corrected chi connectivity index (χ3v) is 9.76. The first kappa shape index (κ1) is 18.0. The second kappa shape index (κ2) is 6.20. The molecule has 3 nitrogen and oxygen atoms in total. The van der Waals surface area contributed by atoms with Crippen LogP contribution in [0.25, 0.3) is 0 Å². The van der Waals surface area contributed by atoms with Gasteiger partial charge in [-0.1, -0.05) is 13.8 Å². The van der Waals surface area contributed by atoms with Crippen molar-refractivity contribution in [3.05, 3.63) is 34.4 Å². The first-order valence-electron chi connectivity index (χ1n) is 11.2. The van der Waals surface area contributed by atoms with Gasteiger partial charge in [0.1, 0.15) is 0 Å². The zero-order valence-corrected chi connectivity index (χ0v) is 16.8. The second-order valence-electron chi connectivity index (χ2n) is 10.6. The third-order valence-electron chi connectivity index (χ3n) is 9.76. The molecule has 1 aromatic heterocycles. The van der Waals surface area contributed by atoms with Gasteiger partial charge in [-0.25, -0.2) is 4.79 Å². The van der Waals surface area contributed by atoms with E-state index < -0.39 is 0 Å². The normalized spacial score (nSPS) is 49.1. The predicted octanol–water partition coefficient (Wildman–Crippen LogP) is 5.13. The molecule has 1 N–H and O–H groups in total. The maximum atomic E-state index is 11.4. The minimum Gasteiger partial charge on any atom is -0.431 e. The minimum atomic E-state index is -0.243. The van der Waals surface area contributed by atoms with Crippen LogP contribution in [0, 0.1) is 34.5 Å². The third kappa shape index (κ3) is 2.60. The number of fused-ring (bicyclic) bond motifs is 5.